The van der Waals surface area contributed by atoms with Gasteiger partial charge >= 0.3 is 0 Å². The van der Waals surface area contributed by atoms with Gasteiger partial charge < -0.3 is 10.6 Å². The highest BCUT2D eigenvalue weighted by molar-refractivity contribution is 14.0. The lowest BCUT2D eigenvalue weighted by Gasteiger charge is -2.19. The molecule has 1 atom stereocenters. The number of rotatable bonds is 5. The number of aryl methyl sites for hydroxylation is 1. The summed E-state index contributed by atoms with van der Waals surface area (Å²) in [5, 5.41) is 6.76. The number of hydrogen-bond donors (Lipinski definition) is 2. The van der Waals surface area contributed by atoms with E-state index in [1.165, 1.54) is 11.1 Å². The molecule has 1 aromatic carbocycles. The summed E-state index contributed by atoms with van der Waals surface area (Å²) in [7, 11) is 1.79. The Kier molecular flexibility index (Phi) is 9.28. The largest absolute Gasteiger partial charge is 0.356 e. The van der Waals surface area contributed by atoms with E-state index in [0.29, 0.717) is 0 Å². The minimum Gasteiger partial charge on any atom is -0.356 e. The van der Waals surface area contributed by atoms with Crippen LogP contribution in [-0.4, -0.2) is 24.5 Å². The number of benzene rings is 1. The van der Waals surface area contributed by atoms with E-state index in [1.807, 2.05) is 37.4 Å². The van der Waals surface area contributed by atoms with Gasteiger partial charge in [-0.1, -0.05) is 40.2 Å². The van der Waals surface area contributed by atoms with Gasteiger partial charge in [0.2, 0.25) is 0 Å². The van der Waals surface area contributed by atoms with E-state index in [9.17, 15) is 0 Å². The number of pyridine rings is 1. The molecule has 0 fully saturated rings. The van der Waals surface area contributed by atoms with Crippen molar-refractivity contribution in [2.24, 2.45) is 4.99 Å². The van der Waals surface area contributed by atoms with Crippen molar-refractivity contribution in [2.75, 3.05) is 13.6 Å². The standard InChI is InChI=1S/C18H23BrN4.HI/c1-13-8-9-15(12-22-13)10-11-21-18(20-3)23-14(2)16-6-4-5-7-17(16)19;/h4-9,12,14H,10-11H2,1-3H3,(H2,20,21,23);1H. The molecule has 1 aromatic heterocycles. The summed E-state index contributed by atoms with van der Waals surface area (Å²) in [6.45, 7) is 4.93. The molecule has 2 N–H and O–H groups in total. The molecule has 130 valence electrons. The molecule has 0 spiro atoms. The molecule has 4 nitrogen and oxygen atoms in total. The number of nitrogens with zero attached hydrogens (tertiary/aromatic N) is 2. The Morgan fingerprint density at radius 2 is 2.00 bits per heavy atom. The fourth-order valence-electron chi connectivity index (χ4n) is 2.28. The fourth-order valence-corrected chi connectivity index (χ4v) is 2.90. The fraction of sp³-hybridized carbons (Fsp3) is 0.333. The van der Waals surface area contributed by atoms with Crippen molar-refractivity contribution < 1.29 is 0 Å². The Morgan fingerprint density at radius 1 is 1.25 bits per heavy atom. The molecule has 0 amide bonds. The van der Waals surface area contributed by atoms with E-state index in [2.05, 4.69) is 55.6 Å². The van der Waals surface area contributed by atoms with Crippen molar-refractivity contribution >= 4 is 45.9 Å². The second kappa shape index (κ2) is 10.7. The van der Waals surface area contributed by atoms with Crippen LogP contribution in [0.4, 0.5) is 0 Å². The quantitative estimate of drug-likeness (QED) is 0.365. The summed E-state index contributed by atoms with van der Waals surface area (Å²) in [5.74, 6) is 0.799. The molecule has 0 aliphatic carbocycles. The van der Waals surface area contributed by atoms with Crippen LogP contribution in [0.15, 0.2) is 52.1 Å². The molecular weight excluding hydrogens is 479 g/mol. The highest BCUT2D eigenvalue weighted by Gasteiger charge is 2.10. The minimum atomic E-state index is 0. The van der Waals surface area contributed by atoms with Crippen molar-refractivity contribution in [2.45, 2.75) is 26.3 Å². The Morgan fingerprint density at radius 3 is 2.62 bits per heavy atom. The van der Waals surface area contributed by atoms with Gasteiger partial charge in [-0.15, -0.1) is 24.0 Å². The van der Waals surface area contributed by atoms with Crippen molar-refractivity contribution in [3.63, 3.8) is 0 Å². The van der Waals surface area contributed by atoms with Crippen LogP contribution < -0.4 is 10.6 Å². The zero-order valence-corrected chi connectivity index (χ0v) is 18.1. The number of nitrogens with one attached hydrogen (secondary N) is 2. The summed E-state index contributed by atoms with van der Waals surface area (Å²) >= 11 is 3.59. The van der Waals surface area contributed by atoms with Gasteiger partial charge in [0.05, 0.1) is 6.04 Å². The monoisotopic (exact) mass is 502 g/mol. The maximum atomic E-state index is 4.32. The van der Waals surface area contributed by atoms with Crippen molar-refractivity contribution in [1.82, 2.24) is 15.6 Å². The van der Waals surface area contributed by atoms with Gasteiger partial charge in [-0.25, -0.2) is 0 Å². The molecule has 2 rings (SSSR count). The molecule has 6 heteroatoms. The van der Waals surface area contributed by atoms with Crippen LogP contribution in [0.1, 0.15) is 29.8 Å². The maximum Gasteiger partial charge on any atom is 0.191 e. The Hall–Kier alpha value is -1.15. The normalized spacial score (nSPS) is 12.2. The van der Waals surface area contributed by atoms with Crippen LogP contribution in [0, 0.1) is 6.92 Å². The molecule has 0 saturated carbocycles. The number of aliphatic imine (C=N–C) groups is 1. The molecule has 0 aliphatic heterocycles. The number of halogens is 2. The van der Waals surface area contributed by atoms with Gasteiger partial charge in [0.25, 0.3) is 0 Å². The van der Waals surface area contributed by atoms with Crippen LogP contribution >= 0.6 is 39.9 Å². The number of aromatic nitrogens is 1. The molecular formula is C18H24BrIN4. The van der Waals surface area contributed by atoms with Crippen molar-refractivity contribution in [1.29, 1.82) is 0 Å². The first kappa shape index (κ1) is 20.9. The Bertz CT molecular complexity index is 658. The van der Waals surface area contributed by atoms with Crippen molar-refractivity contribution in [3.8, 4) is 0 Å². The van der Waals surface area contributed by atoms with Crippen LogP contribution in [0.5, 0.6) is 0 Å². The van der Waals surface area contributed by atoms with E-state index in [1.54, 1.807) is 7.05 Å². The molecule has 24 heavy (non-hydrogen) atoms. The first-order chi connectivity index (χ1) is 11.1. The van der Waals surface area contributed by atoms with Gasteiger partial charge in [0.1, 0.15) is 0 Å². The molecule has 2 aromatic rings. The lowest BCUT2D eigenvalue weighted by molar-refractivity contribution is 0.681. The molecule has 0 saturated heterocycles. The average molecular weight is 503 g/mol. The van der Waals surface area contributed by atoms with Crippen LogP contribution in [0.2, 0.25) is 0 Å². The molecule has 0 aliphatic rings. The van der Waals surface area contributed by atoms with Crippen LogP contribution in [0.25, 0.3) is 0 Å². The van der Waals surface area contributed by atoms with E-state index < -0.39 is 0 Å². The molecule has 1 unspecified atom stereocenters. The zero-order chi connectivity index (χ0) is 16.7. The first-order valence-corrected chi connectivity index (χ1v) is 8.52. The van der Waals surface area contributed by atoms with Crippen LogP contribution in [-0.2, 0) is 6.42 Å². The van der Waals surface area contributed by atoms with Crippen molar-refractivity contribution in [3.05, 3.63) is 63.9 Å². The summed E-state index contributed by atoms with van der Waals surface area (Å²) in [6, 6.07) is 12.5. The molecule has 0 bridgehead atoms. The number of guanidine groups is 1. The topological polar surface area (TPSA) is 49.3 Å². The van der Waals surface area contributed by atoms with Gasteiger partial charge in [-0.3, -0.25) is 9.98 Å². The van der Waals surface area contributed by atoms with Crippen LogP contribution in [0.3, 0.4) is 0 Å². The first-order valence-electron chi connectivity index (χ1n) is 7.73. The third-order valence-electron chi connectivity index (χ3n) is 3.63. The van der Waals surface area contributed by atoms with Gasteiger partial charge in [-0.2, -0.15) is 0 Å². The summed E-state index contributed by atoms with van der Waals surface area (Å²) in [6.07, 6.45) is 2.84. The predicted molar refractivity (Wildman–Crippen MR) is 115 cm³/mol. The zero-order valence-electron chi connectivity index (χ0n) is 14.2. The molecule has 0 radical (unpaired) electrons. The highest BCUT2D eigenvalue weighted by atomic mass is 127. The highest BCUT2D eigenvalue weighted by Crippen LogP contribution is 2.22. The summed E-state index contributed by atoms with van der Waals surface area (Å²) < 4.78 is 1.10. The second-order valence-electron chi connectivity index (χ2n) is 5.44. The maximum absolute atomic E-state index is 4.32. The van der Waals surface area contributed by atoms with E-state index in [-0.39, 0.29) is 30.0 Å². The lowest BCUT2D eigenvalue weighted by Crippen LogP contribution is -2.39. The van der Waals surface area contributed by atoms with Gasteiger partial charge in [0.15, 0.2) is 5.96 Å². The van der Waals surface area contributed by atoms with Gasteiger partial charge in [0, 0.05) is 30.0 Å². The van der Waals surface area contributed by atoms with Gasteiger partial charge in [-0.05, 0) is 43.5 Å². The SMILES string of the molecule is CN=C(NCCc1ccc(C)nc1)NC(C)c1ccccc1Br.I. The Balaban J connectivity index is 0.00000288. The second-order valence-corrected chi connectivity index (χ2v) is 6.30. The third-order valence-corrected chi connectivity index (χ3v) is 4.35. The number of hydrogen-bond acceptors (Lipinski definition) is 2. The predicted octanol–water partition coefficient (Wildman–Crippen LogP) is 4.24. The smallest absolute Gasteiger partial charge is 0.191 e. The minimum absolute atomic E-state index is 0. The van der Waals surface area contributed by atoms with E-state index in [4.69, 9.17) is 0 Å². The molecule has 1 heterocycles. The Labute approximate surface area is 169 Å². The van der Waals surface area contributed by atoms with E-state index in [0.717, 1.165) is 29.1 Å². The average Bonchev–Trinajstić information content (AvgIpc) is 2.56. The summed E-state index contributed by atoms with van der Waals surface area (Å²) in [4.78, 5) is 8.61. The third kappa shape index (κ3) is 6.39. The van der Waals surface area contributed by atoms with E-state index >= 15 is 0 Å². The summed E-state index contributed by atoms with van der Waals surface area (Å²) in [5.41, 5.74) is 3.47. The lowest BCUT2D eigenvalue weighted by atomic mass is 10.1.